The summed E-state index contributed by atoms with van der Waals surface area (Å²) in [6.45, 7) is 1.43. The fraction of sp³-hybridized carbons (Fsp3) is 0.421. The fourth-order valence-electron chi connectivity index (χ4n) is 3.70. The molecule has 0 spiro atoms. The maximum Gasteiger partial charge on any atom is 0.249 e. The van der Waals surface area contributed by atoms with Crippen molar-refractivity contribution >= 4 is 5.96 Å². The Morgan fingerprint density at radius 3 is 2.79 bits per heavy atom. The first kappa shape index (κ1) is 16.9. The molecule has 3 N–H and O–H groups in total. The van der Waals surface area contributed by atoms with Gasteiger partial charge in [0.15, 0.2) is 5.96 Å². The van der Waals surface area contributed by atoms with Crippen LogP contribution in [-0.2, 0) is 6.54 Å². The topological polar surface area (TPSA) is 123 Å². The van der Waals surface area contributed by atoms with E-state index in [0.717, 1.165) is 36.2 Å². The van der Waals surface area contributed by atoms with Crippen molar-refractivity contribution < 1.29 is 4.52 Å². The van der Waals surface area contributed by atoms with Gasteiger partial charge in [0, 0.05) is 24.2 Å². The van der Waals surface area contributed by atoms with Crippen molar-refractivity contribution in [3.63, 3.8) is 0 Å². The van der Waals surface area contributed by atoms with Crippen LogP contribution in [0.2, 0.25) is 0 Å². The number of benzene rings is 1. The molecule has 3 aromatic rings. The van der Waals surface area contributed by atoms with E-state index in [1.54, 1.807) is 4.90 Å². The lowest BCUT2D eigenvalue weighted by atomic mass is 10.1. The minimum atomic E-state index is -0.106. The Balaban J connectivity index is 1.29. The lowest BCUT2D eigenvalue weighted by Gasteiger charge is -2.21. The Hall–Kier alpha value is -3.23. The molecule has 1 aromatic carbocycles. The van der Waals surface area contributed by atoms with Crippen molar-refractivity contribution in [3.8, 4) is 11.4 Å². The average Bonchev–Trinajstić information content (AvgIpc) is 3.12. The highest BCUT2D eigenvalue weighted by molar-refractivity contribution is 5.75. The predicted octanol–water partition coefficient (Wildman–Crippen LogP) is 2.28. The molecule has 1 saturated carbocycles. The van der Waals surface area contributed by atoms with Gasteiger partial charge in [-0.25, -0.2) is 4.68 Å². The van der Waals surface area contributed by atoms with Crippen LogP contribution in [-0.4, -0.2) is 42.5 Å². The van der Waals surface area contributed by atoms with Crippen molar-refractivity contribution in [2.24, 2.45) is 5.73 Å². The maximum absolute atomic E-state index is 7.69. The third-order valence-corrected chi connectivity index (χ3v) is 5.40. The van der Waals surface area contributed by atoms with Gasteiger partial charge in [-0.05, 0) is 31.2 Å². The van der Waals surface area contributed by atoms with Crippen LogP contribution in [0.3, 0.4) is 0 Å². The van der Waals surface area contributed by atoms with Crippen molar-refractivity contribution in [1.82, 2.24) is 30.0 Å². The normalized spacial score (nSPS) is 19.3. The standard InChI is InChI=1S/C19H22N8O/c20-19(21)27-9-1-2-16(27)18-22-17(24-28-18)14-5-3-12(4-6-14)10-26-11-15(23-25-26)13-7-8-13/h3-6,11,13,16H,1-2,7-10H2,(H3,20,21)/t16-/m0/s1. The highest BCUT2D eigenvalue weighted by Gasteiger charge is 2.31. The van der Waals surface area contributed by atoms with Gasteiger partial charge in [-0.2, -0.15) is 4.98 Å². The summed E-state index contributed by atoms with van der Waals surface area (Å²) >= 11 is 0. The zero-order chi connectivity index (χ0) is 19.1. The van der Waals surface area contributed by atoms with E-state index in [9.17, 15) is 0 Å². The summed E-state index contributed by atoms with van der Waals surface area (Å²) in [6.07, 6.45) is 6.32. The molecule has 1 saturated heterocycles. The van der Waals surface area contributed by atoms with E-state index in [0.29, 0.717) is 24.2 Å². The van der Waals surface area contributed by atoms with Gasteiger partial charge >= 0.3 is 0 Å². The maximum atomic E-state index is 7.69. The fourth-order valence-corrected chi connectivity index (χ4v) is 3.70. The molecule has 2 fully saturated rings. The number of likely N-dealkylation sites (tertiary alicyclic amines) is 1. The molecule has 9 nitrogen and oxygen atoms in total. The zero-order valence-corrected chi connectivity index (χ0v) is 15.5. The first-order valence-electron chi connectivity index (χ1n) is 9.61. The Labute approximate surface area is 162 Å². The molecule has 9 heteroatoms. The Morgan fingerprint density at radius 2 is 2.04 bits per heavy atom. The molecule has 0 bridgehead atoms. The monoisotopic (exact) mass is 378 g/mol. The molecule has 2 aromatic heterocycles. The molecule has 0 amide bonds. The molecule has 28 heavy (non-hydrogen) atoms. The van der Waals surface area contributed by atoms with Gasteiger partial charge in [0.1, 0.15) is 6.04 Å². The van der Waals surface area contributed by atoms with Crippen molar-refractivity contribution in [1.29, 1.82) is 5.41 Å². The van der Waals surface area contributed by atoms with E-state index in [-0.39, 0.29) is 12.0 Å². The second-order valence-corrected chi connectivity index (χ2v) is 7.51. The molecular formula is C19H22N8O. The number of aromatic nitrogens is 5. The summed E-state index contributed by atoms with van der Waals surface area (Å²) in [6, 6.07) is 7.95. The summed E-state index contributed by atoms with van der Waals surface area (Å²) in [4.78, 5) is 6.34. The van der Waals surface area contributed by atoms with Gasteiger partial charge in [-0.15, -0.1) is 5.10 Å². The van der Waals surface area contributed by atoms with Gasteiger partial charge in [0.25, 0.3) is 0 Å². The summed E-state index contributed by atoms with van der Waals surface area (Å²) in [5.74, 6) is 1.72. The minimum absolute atomic E-state index is 0.0459. The molecule has 144 valence electrons. The van der Waals surface area contributed by atoms with Crippen LogP contribution >= 0.6 is 0 Å². The average molecular weight is 378 g/mol. The van der Waals surface area contributed by atoms with E-state index in [1.165, 1.54) is 12.8 Å². The Kier molecular flexibility index (Phi) is 4.07. The van der Waals surface area contributed by atoms with E-state index < -0.39 is 0 Å². The Morgan fingerprint density at radius 1 is 1.21 bits per heavy atom. The number of nitrogens with zero attached hydrogens (tertiary/aromatic N) is 6. The highest BCUT2D eigenvalue weighted by atomic mass is 16.5. The number of rotatable bonds is 5. The number of nitrogens with one attached hydrogen (secondary N) is 1. The number of nitrogens with two attached hydrogens (primary N) is 1. The van der Waals surface area contributed by atoms with Crippen LogP contribution in [0.25, 0.3) is 11.4 Å². The molecule has 2 aliphatic rings. The van der Waals surface area contributed by atoms with Crippen molar-refractivity contribution in [2.75, 3.05) is 6.54 Å². The minimum Gasteiger partial charge on any atom is -0.370 e. The molecule has 3 heterocycles. The van der Waals surface area contributed by atoms with Crippen LogP contribution in [0.15, 0.2) is 35.0 Å². The molecule has 1 atom stereocenters. The summed E-state index contributed by atoms with van der Waals surface area (Å²) in [5, 5.41) is 20.3. The quantitative estimate of drug-likeness (QED) is 0.516. The SMILES string of the molecule is N=C(N)N1CCC[C@H]1c1nc(-c2ccc(Cn3cc(C4CC4)nn3)cc2)no1. The number of hydrogen-bond acceptors (Lipinski definition) is 6. The summed E-state index contributed by atoms with van der Waals surface area (Å²) < 4.78 is 7.34. The van der Waals surface area contributed by atoms with Gasteiger partial charge in [0.05, 0.1) is 12.2 Å². The van der Waals surface area contributed by atoms with Crippen molar-refractivity contribution in [2.45, 2.75) is 44.2 Å². The first-order chi connectivity index (χ1) is 13.7. The van der Waals surface area contributed by atoms with E-state index in [4.69, 9.17) is 15.7 Å². The van der Waals surface area contributed by atoms with Crippen LogP contribution in [0.4, 0.5) is 0 Å². The highest BCUT2D eigenvalue weighted by Crippen LogP contribution is 2.38. The second kappa shape index (κ2) is 6.74. The van der Waals surface area contributed by atoms with Crippen LogP contribution < -0.4 is 5.73 Å². The predicted molar refractivity (Wildman–Crippen MR) is 101 cm³/mol. The third-order valence-electron chi connectivity index (χ3n) is 5.40. The Bertz CT molecular complexity index is 988. The van der Waals surface area contributed by atoms with Crippen LogP contribution in [0.1, 0.15) is 54.8 Å². The molecule has 1 aliphatic carbocycles. The summed E-state index contributed by atoms with van der Waals surface area (Å²) in [7, 11) is 0. The summed E-state index contributed by atoms with van der Waals surface area (Å²) in [5.41, 5.74) is 8.78. The van der Waals surface area contributed by atoms with E-state index in [1.807, 2.05) is 35.1 Å². The molecule has 0 radical (unpaired) electrons. The first-order valence-corrected chi connectivity index (χ1v) is 9.61. The largest absolute Gasteiger partial charge is 0.370 e. The van der Waals surface area contributed by atoms with E-state index >= 15 is 0 Å². The van der Waals surface area contributed by atoms with Crippen LogP contribution in [0.5, 0.6) is 0 Å². The van der Waals surface area contributed by atoms with Gasteiger partial charge in [0.2, 0.25) is 11.7 Å². The number of guanidine groups is 1. The smallest absolute Gasteiger partial charge is 0.249 e. The number of hydrogen-bond donors (Lipinski definition) is 2. The molecule has 1 aliphatic heterocycles. The van der Waals surface area contributed by atoms with Gasteiger partial charge in [-0.1, -0.05) is 34.6 Å². The van der Waals surface area contributed by atoms with Crippen molar-refractivity contribution in [3.05, 3.63) is 47.6 Å². The zero-order valence-electron chi connectivity index (χ0n) is 15.5. The lowest BCUT2D eigenvalue weighted by Crippen LogP contribution is -2.35. The molecule has 5 rings (SSSR count). The lowest BCUT2D eigenvalue weighted by molar-refractivity contribution is 0.283. The van der Waals surface area contributed by atoms with Gasteiger partial charge in [-0.3, -0.25) is 5.41 Å². The molecular weight excluding hydrogens is 356 g/mol. The van der Waals surface area contributed by atoms with Gasteiger partial charge < -0.3 is 15.2 Å². The third kappa shape index (κ3) is 3.23. The second-order valence-electron chi connectivity index (χ2n) is 7.51. The van der Waals surface area contributed by atoms with E-state index in [2.05, 4.69) is 20.5 Å². The van der Waals surface area contributed by atoms with Crippen LogP contribution in [0, 0.1) is 5.41 Å². The molecule has 0 unspecified atom stereocenters.